The van der Waals surface area contributed by atoms with Gasteiger partial charge in [-0.05, 0) is 44.9 Å². The van der Waals surface area contributed by atoms with Crippen molar-refractivity contribution in [3.63, 3.8) is 0 Å². The number of nitrogens with zero attached hydrogens (tertiary/aromatic N) is 3. The molecule has 26 heavy (non-hydrogen) atoms. The average Bonchev–Trinajstić information content (AvgIpc) is 3.06. The number of aromatic nitrogens is 2. The maximum atomic E-state index is 4.75. The number of guanidine groups is 1. The number of rotatable bonds is 7. The highest BCUT2D eigenvalue weighted by molar-refractivity contribution is 5.80. The predicted octanol–water partition coefficient (Wildman–Crippen LogP) is 2.53. The molecule has 0 saturated carbocycles. The highest BCUT2D eigenvalue weighted by Crippen LogP contribution is 2.11. The van der Waals surface area contributed by atoms with Gasteiger partial charge in [-0.15, -0.1) is 0 Å². The summed E-state index contributed by atoms with van der Waals surface area (Å²) in [4.78, 5) is 15.3. The van der Waals surface area contributed by atoms with Crippen molar-refractivity contribution in [1.82, 2.24) is 25.5 Å². The molecule has 1 aliphatic heterocycles. The zero-order valence-electron chi connectivity index (χ0n) is 16.1. The minimum absolute atomic E-state index is 0.520. The Morgan fingerprint density at radius 2 is 2.08 bits per heavy atom. The molecule has 0 atom stereocenters. The molecule has 0 unspecified atom stereocenters. The van der Waals surface area contributed by atoms with Gasteiger partial charge >= 0.3 is 0 Å². The van der Waals surface area contributed by atoms with Gasteiger partial charge in [-0.2, -0.15) is 0 Å². The second-order valence-corrected chi connectivity index (χ2v) is 6.97. The quantitative estimate of drug-likeness (QED) is 0.527. The monoisotopic (exact) mass is 356 g/mol. The van der Waals surface area contributed by atoms with Crippen LogP contribution in [-0.2, 0) is 6.42 Å². The Balaban J connectivity index is 1.50. The normalized spacial score (nSPS) is 16.9. The van der Waals surface area contributed by atoms with Gasteiger partial charge in [0.15, 0.2) is 5.96 Å². The summed E-state index contributed by atoms with van der Waals surface area (Å²) in [6.45, 7) is 9.56. The number of aliphatic imine (C=N–C) groups is 1. The standard InChI is InChI=1S/C20H32N6/c1-3-13-26-14-10-16(11-15-26)23-20(21-4-2)22-12-9-19-24-17-7-5-6-8-18(17)25-19/h5-8,16H,3-4,9-15H2,1-2H3,(H,24,25)(H2,21,22,23). The molecule has 0 aliphatic carbocycles. The van der Waals surface area contributed by atoms with Gasteiger partial charge in [0.2, 0.25) is 0 Å². The fourth-order valence-corrected chi connectivity index (χ4v) is 3.53. The summed E-state index contributed by atoms with van der Waals surface area (Å²) in [6.07, 6.45) is 4.44. The lowest BCUT2D eigenvalue weighted by Gasteiger charge is -2.32. The summed E-state index contributed by atoms with van der Waals surface area (Å²) in [5, 5.41) is 6.99. The molecule has 3 N–H and O–H groups in total. The van der Waals surface area contributed by atoms with E-state index in [0.29, 0.717) is 6.04 Å². The van der Waals surface area contributed by atoms with Crippen LogP contribution in [0, 0.1) is 0 Å². The predicted molar refractivity (Wildman–Crippen MR) is 109 cm³/mol. The van der Waals surface area contributed by atoms with Crippen molar-refractivity contribution in [2.45, 2.75) is 45.6 Å². The van der Waals surface area contributed by atoms with Gasteiger partial charge in [-0.3, -0.25) is 4.99 Å². The third-order valence-corrected chi connectivity index (χ3v) is 4.87. The van der Waals surface area contributed by atoms with E-state index in [9.17, 15) is 0 Å². The van der Waals surface area contributed by atoms with Gasteiger partial charge in [0.1, 0.15) is 5.82 Å². The number of hydrogen-bond acceptors (Lipinski definition) is 3. The van der Waals surface area contributed by atoms with E-state index in [1.165, 1.54) is 38.9 Å². The number of piperidine rings is 1. The third kappa shape index (κ3) is 5.21. The van der Waals surface area contributed by atoms with Crippen molar-refractivity contribution >= 4 is 17.0 Å². The van der Waals surface area contributed by atoms with E-state index in [2.05, 4.69) is 45.4 Å². The Labute approximate surface area is 156 Å². The first kappa shape index (κ1) is 18.7. The average molecular weight is 357 g/mol. The van der Waals surface area contributed by atoms with Gasteiger partial charge in [-0.1, -0.05) is 19.1 Å². The first-order chi connectivity index (χ1) is 12.8. The molecule has 1 aliphatic rings. The number of aromatic amines is 1. The molecule has 0 radical (unpaired) electrons. The fraction of sp³-hybridized carbons (Fsp3) is 0.600. The van der Waals surface area contributed by atoms with E-state index in [1.807, 2.05) is 18.2 Å². The molecule has 1 fully saturated rings. The zero-order valence-corrected chi connectivity index (χ0v) is 16.1. The molecule has 142 valence electrons. The lowest BCUT2D eigenvalue weighted by molar-refractivity contribution is 0.206. The highest BCUT2D eigenvalue weighted by atomic mass is 15.2. The van der Waals surface area contributed by atoms with Crippen LogP contribution in [0.2, 0.25) is 0 Å². The Hall–Kier alpha value is -2.08. The van der Waals surface area contributed by atoms with E-state index in [4.69, 9.17) is 4.99 Å². The van der Waals surface area contributed by atoms with Crippen LogP contribution in [-0.4, -0.2) is 59.6 Å². The topological polar surface area (TPSA) is 68.3 Å². The summed E-state index contributed by atoms with van der Waals surface area (Å²) < 4.78 is 0. The number of imidazole rings is 1. The number of hydrogen-bond donors (Lipinski definition) is 3. The molecular formula is C20H32N6. The maximum Gasteiger partial charge on any atom is 0.191 e. The molecule has 6 heteroatoms. The molecule has 0 spiro atoms. The number of para-hydroxylation sites is 2. The van der Waals surface area contributed by atoms with E-state index < -0.39 is 0 Å². The molecule has 1 aromatic carbocycles. The maximum absolute atomic E-state index is 4.75. The summed E-state index contributed by atoms with van der Waals surface area (Å²) in [7, 11) is 0. The van der Waals surface area contributed by atoms with Crippen LogP contribution < -0.4 is 10.6 Å². The minimum atomic E-state index is 0.520. The number of likely N-dealkylation sites (tertiary alicyclic amines) is 1. The van der Waals surface area contributed by atoms with Crippen molar-refractivity contribution in [3.8, 4) is 0 Å². The third-order valence-electron chi connectivity index (χ3n) is 4.87. The second-order valence-electron chi connectivity index (χ2n) is 6.97. The SMILES string of the molecule is CCCN1CCC(NC(=NCCc2nc3ccccc3[nH]2)NCC)CC1. The Bertz CT molecular complexity index is 666. The van der Waals surface area contributed by atoms with E-state index in [0.717, 1.165) is 42.3 Å². The number of H-pyrrole nitrogens is 1. The number of benzene rings is 1. The molecule has 2 heterocycles. The van der Waals surface area contributed by atoms with Crippen LogP contribution in [0.5, 0.6) is 0 Å². The minimum Gasteiger partial charge on any atom is -0.357 e. The van der Waals surface area contributed by atoms with Crippen molar-refractivity contribution in [1.29, 1.82) is 0 Å². The van der Waals surface area contributed by atoms with Crippen LogP contribution in [0.25, 0.3) is 11.0 Å². The van der Waals surface area contributed by atoms with Crippen LogP contribution in [0.15, 0.2) is 29.3 Å². The van der Waals surface area contributed by atoms with Crippen LogP contribution in [0.3, 0.4) is 0 Å². The Morgan fingerprint density at radius 1 is 1.27 bits per heavy atom. The van der Waals surface area contributed by atoms with Gasteiger partial charge in [0, 0.05) is 38.6 Å². The van der Waals surface area contributed by atoms with Crippen LogP contribution in [0.1, 0.15) is 38.9 Å². The van der Waals surface area contributed by atoms with Crippen LogP contribution >= 0.6 is 0 Å². The summed E-state index contributed by atoms with van der Waals surface area (Å²) in [6, 6.07) is 8.67. The van der Waals surface area contributed by atoms with Gasteiger partial charge in [-0.25, -0.2) is 4.98 Å². The van der Waals surface area contributed by atoms with Crippen LogP contribution in [0.4, 0.5) is 0 Å². The Morgan fingerprint density at radius 3 is 2.81 bits per heavy atom. The van der Waals surface area contributed by atoms with E-state index in [1.54, 1.807) is 0 Å². The molecule has 2 aromatic rings. The van der Waals surface area contributed by atoms with Crippen molar-refractivity contribution in [2.24, 2.45) is 4.99 Å². The molecule has 1 saturated heterocycles. The zero-order chi connectivity index (χ0) is 18.2. The lowest BCUT2D eigenvalue weighted by Crippen LogP contribution is -2.48. The van der Waals surface area contributed by atoms with E-state index in [-0.39, 0.29) is 0 Å². The lowest BCUT2D eigenvalue weighted by atomic mass is 10.1. The summed E-state index contributed by atoms with van der Waals surface area (Å²) in [5.41, 5.74) is 2.12. The molecule has 6 nitrogen and oxygen atoms in total. The fourth-order valence-electron chi connectivity index (χ4n) is 3.53. The molecule has 3 rings (SSSR count). The first-order valence-corrected chi connectivity index (χ1v) is 9.99. The summed E-state index contributed by atoms with van der Waals surface area (Å²) in [5.74, 6) is 1.93. The van der Waals surface area contributed by atoms with Gasteiger partial charge < -0.3 is 20.5 Å². The molecule has 0 bridgehead atoms. The molecule has 1 aromatic heterocycles. The Kier molecular flexibility index (Phi) is 6.89. The van der Waals surface area contributed by atoms with Crippen molar-refractivity contribution < 1.29 is 0 Å². The van der Waals surface area contributed by atoms with Crippen molar-refractivity contribution in [2.75, 3.05) is 32.7 Å². The first-order valence-electron chi connectivity index (χ1n) is 9.99. The van der Waals surface area contributed by atoms with Gasteiger partial charge in [0.25, 0.3) is 0 Å². The largest absolute Gasteiger partial charge is 0.357 e. The molecular weight excluding hydrogens is 324 g/mol. The molecule has 0 amide bonds. The van der Waals surface area contributed by atoms with Crippen molar-refractivity contribution in [3.05, 3.63) is 30.1 Å². The highest BCUT2D eigenvalue weighted by Gasteiger charge is 2.19. The number of fused-ring (bicyclic) bond motifs is 1. The van der Waals surface area contributed by atoms with Gasteiger partial charge in [0.05, 0.1) is 11.0 Å². The smallest absolute Gasteiger partial charge is 0.191 e. The second kappa shape index (κ2) is 9.57. The van der Waals surface area contributed by atoms with E-state index >= 15 is 0 Å². The number of nitrogens with one attached hydrogen (secondary N) is 3. The summed E-state index contributed by atoms with van der Waals surface area (Å²) >= 11 is 0.